The number of hydrogen-bond donors (Lipinski definition) is 1. The number of benzene rings is 2. The predicted molar refractivity (Wildman–Crippen MR) is 72.2 cm³/mol. The van der Waals surface area contributed by atoms with Crippen LogP contribution in [0.25, 0.3) is 0 Å². The quantitative estimate of drug-likeness (QED) is 0.395. The molecule has 0 aliphatic heterocycles. The summed E-state index contributed by atoms with van der Waals surface area (Å²) in [5.41, 5.74) is 7.25. The molecule has 2 aromatic rings. The average Bonchev–Trinajstić information content (AvgIpc) is 2.41. The largest absolute Gasteiger partial charge is 0.398 e. The maximum atomic E-state index is 12.3. The molecule has 0 fully saturated rings. The van der Waals surface area contributed by atoms with Crippen LogP contribution >= 0.6 is 11.8 Å². The number of nitrogens with two attached hydrogens (primary N) is 1. The first-order valence-electron chi connectivity index (χ1n) is 5.27. The zero-order valence-corrected chi connectivity index (χ0v) is 10.3. The van der Waals surface area contributed by atoms with Crippen molar-refractivity contribution in [3.05, 3.63) is 59.7 Å². The second-order valence-electron chi connectivity index (χ2n) is 3.64. The molecule has 0 radical (unpaired) electrons. The average molecular weight is 254 g/mol. The summed E-state index contributed by atoms with van der Waals surface area (Å²) in [4.78, 5) is 13.0. The van der Waals surface area contributed by atoms with Crippen molar-refractivity contribution >= 4 is 23.2 Å². The summed E-state index contributed by atoms with van der Waals surface area (Å²) in [6.45, 7) is 0. The highest BCUT2D eigenvalue weighted by atomic mass is 32.2. The summed E-state index contributed by atoms with van der Waals surface area (Å²) in [5, 5.41) is 10.6. The van der Waals surface area contributed by atoms with Crippen LogP contribution in [0.4, 0.5) is 5.69 Å². The molecule has 4 heteroatoms. The van der Waals surface area contributed by atoms with Gasteiger partial charge in [0.05, 0.1) is 0 Å². The molecule has 0 saturated heterocycles. The predicted octanol–water partition coefficient (Wildman–Crippen LogP) is 3.07. The second kappa shape index (κ2) is 5.39. The van der Waals surface area contributed by atoms with Crippen LogP contribution in [0.2, 0.25) is 0 Å². The summed E-state index contributed by atoms with van der Waals surface area (Å²) in [5.74, 6) is -0.131. The van der Waals surface area contributed by atoms with Crippen LogP contribution < -0.4 is 5.73 Å². The third-order valence-electron chi connectivity index (χ3n) is 2.47. The van der Waals surface area contributed by atoms with Crippen molar-refractivity contribution in [3.63, 3.8) is 0 Å². The first kappa shape index (κ1) is 12.2. The van der Waals surface area contributed by atoms with Gasteiger partial charge in [0.1, 0.15) is 5.40 Å². The van der Waals surface area contributed by atoms with Crippen LogP contribution in [0.5, 0.6) is 0 Å². The molecule has 0 aromatic heterocycles. The van der Waals surface area contributed by atoms with Crippen LogP contribution in [0, 0.1) is 10.7 Å². The van der Waals surface area contributed by atoms with Gasteiger partial charge < -0.3 is 5.73 Å². The van der Waals surface area contributed by atoms with Gasteiger partial charge in [-0.3, -0.25) is 4.79 Å². The molecule has 0 bridgehead atoms. The number of nitrogen functional groups attached to an aromatic ring is 1. The Kier molecular flexibility index (Phi) is 3.66. The van der Waals surface area contributed by atoms with Crippen molar-refractivity contribution < 1.29 is 4.79 Å². The molecule has 88 valence electrons. The molecular weight excluding hydrogens is 244 g/mol. The zero-order chi connectivity index (χ0) is 13.0. The van der Waals surface area contributed by atoms with Gasteiger partial charge in [0, 0.05) is 21.7 Å². The van der Waals surface area contributed by atoms with Gasteiger partial charge in [0.25, 0.3) is 0 Å². The highest BCUT2D eigenvalue weighted by Gasteiger charge is 2.12. The number of anilines is 1. The lowest BCUT2D eigenvalue weighted by atomic mass is 10.0. The Balaban J connectivity index is 2.42. The van der Waals surface area contributed by atoms with E-state index in [1.54, 1.807) is 42.5 Å². The monoisotopic (exact) mass is 254 g/mol. The number of thioether (sulfide) groups is 1. The van der Waals surface area contributed by atoms with E-state index in [4.69, 9.17) is 11.0 Å². The van der Waals surface area contributed by atoms with E-state index >= 15 is 0 Å². The Morgan fingerprint density at radius 1 is 1.17 bits per heavy atom. The fourth-order valence-corrected chi connectivity index (χ4v) is 2.01. The van der Waals surface area contributed by atoms with E-state index in [1.165, 1.54) is 0 Å². The molecule has 0 heterocycles. The van der Waals surface area contributed by atoms with Crippen molar-refractivity contribution in [1.82, 2.24) is 0 Å². The minimum absolute atomic E-state index is 0.131. The Morgan fingerprint density at radius 2 is 1.89 bits per heavy atom. The van der Waals surface area contributed by atoms with Crippen molar-refractivity contribution in [2.45, 2.75) is 4.90 Å². The van der Waals surface area contributed by atoms with Gasteiger partial charge in [-0.25, -0.2) is 0 Å². The van der Waals surface area contributed by atoms with Crippen LogP contribution in [0.1, 0.15) is 15.9 Å². The van der Waals surface area contributed by atoms with Gasteiger partial charge in [-0.15, -0.1) is 0 Å². The fraction of sp³-hybridized carbons (Fsp3) is 0. The first-order chi connectivity index (χ1) is 8.72. The fourth-order valence-electron chi connectivity index (χ4n) is 1.59. The van der Waals surface area contributed by atoms with Crippen molar-refractivity contribution in [3.8, 4) is 5.40 Å². The second-order valence-corrected chi connectivity index (χ2v) is 4.50. The molecular formula is C14H10N2OS. The topological polar surface area (TPSA) is 66.9 Å². The van der Waals surface area contributed by atoms with E-state index < -0.39 is 0 Å². The summed E-state index contributed by atoms with van der Waals surface area (Å²) < 4.78 is 0. The maximum Gasteiger partial charge on any atom is 0.195 e. The number of rotatable bonds is 3. The number of carbonyl (C=O) groups excluding carboxylic acids is 1. The molecule has 0 unspecified atom stereocenters. The Morgan fingerprint density at radius 3 is 2.56 bits per heavy atom. The minimum atomic E-state index is -0.131. The lowest BCUT2D eigenvalue weighted by Gasteiger charge is -2.06. The molecule has 2 N–H and O–H groups in total. The highest BCUT2D eigenvalue weighted by Crippen LogP contribution is 2.24. The maximum absolute atomic E-state index is 12.3. The van der Waals surface area contributed by atoms with Gasteiger partial charge in [-0.2, -0.15) is 5.26 Å². The molecule has 2 rings (SSSR count). The van der Waals surface area contributed by atoms with E-state index in [0.29, 0.717) is 21.7 Å². The lowest BCUT2D eigenvalue weighted by Crippen LogP contribution is -2.05. The van der Waals surface area contributed by atoms with Crippen LogP contribution in [-0.2, 0) is 0 Å². The SMILES string of the molecule is N#CSc1ccc(N)c(C(=O)c2ccccc2)c1. The molecule has 2 aromatic carbocycles. The molecule has 0 saturated carbocycles. The number of ketones is 1. The van der Waals surface area contributed by atoms with Crippen molar-refractivity contribution in [2.75, 3.05) is 5.73 Å². The first-order valence-corrected chi connectivity index (χ1v) is 6.09. The molecule has 18 heavy (non-hydrogen) atoms. The smallest absolute Gasteiger partial charge is 0.195 e. The summed E-state index contributed by atoms with van der Waals surface area (Å²) in [7, 11) is 0. The van der Waals surface area contributed by atoms with E-state index in [-0.39, 0.29) is 5.78 Å². The van der Waals surface area contributed by atoms with E-state index in [9.17, 15) is 4.79 Å². The van der Waals surface area contributed by atoms with Gasteiger partial charge in [0.15, 0.2) is 5.78 Å². The molecule has 0 aliphatic rings. The van der Waals surface area contributed by atoms with E-state index in [2.05, 4.69) is 0 Å². The zero-order valence-electron chi connectivity index (χ0n) is 9.46. The Labute approximate surface area is 109 Å². The normalized spacial score (nSPS) is 9.72. The number of nitriles is 1. The minimum Gasteiger partial charge on any atom is -0.398 e. The third kappa shape index (κ3) is 2.53. The van der Waals surface area contributed by atoms with Gasteiger partial charge >= 0.3 is 0 Å². The molecule has 0 atom stereocenters. The van der Waals surface area contributed by atoms with E-state index in [1.807, 2.05) is 11.5 Å². The molecule has 3 nitrogen and oxygen atoms in total. The van der Waals surface area contributed by atoms with Gasteiger partial charge in [-0.05, 0) is 30.0 Å². The number of hydrogen-bond acceptors (Lipinski definition) is 4. The standard InChI is InChI=1S/C14H10N2OS/c15-9-18-11-6-7-13(16)12(8-11)14(17)10-4-2-1-3-5-10/h1-8H,16H2. The van der Waals surface area contributed by atoms with Crippen LogP contribution in [0.3, 0.4) is 0 Å². The summed E-state index contributed by atoms with van der Waals surface area (Å²) in [6, 6.07) is 14.0. The number of thiocyanates is 1. The number of carbonyl (C=O) groups is 1. The lowest BCUT2D eigenvalue weighted by molar-refractivity contribution is 0.103. The van der Waals surface area contributed by atoms with Crippen molar-refractivity contribution in [2.24, 2.45) is 0 Å². The Hall–Kier alpha value is -2.25. The highest BCUT2D eigenvalue weighted by molar-refractivity contribution is 8.03. The van der Waals surface area contributed by atoms with Gasteiger partial charge in [-0.1, -0.05) is 30.3 Å². The Bertz CT molecular complexity index is 617. The van der Waals surface area contributed by atoms with E-state index in [0.717, 1.165) is 11.8 Å². The molecule has 0 spiro atoms. The van der Waals surface area contributed by atoms with Crippen LogP contribution in [0.15, 0.2) is 53.4 Å². The number of nitrogens with zero attached hydrogens (tertiary/aromatic N) is 1. The summed E-state index contributed by atoms with van der Waals surface area (Å²) in [6.07, 6.45) is 0. The van der Waals surface area contributed by atoms with Crippen molar-refractivity contribution in [1.29, 1.82) is 5.26 Å². The molecule has 0 aliphatic carbocycles. The summed E-state index contributed by atoms with van der Waals surface area (Å²) >= 11 is 1.01. The third-order valence-corrected chi connectivity index (χ3v) is 3.05. The van der Waals surface area contributed by atoms with Gasteiger partial charge in [0.2, 0.25) is 0 Å². The molecule has 0 amide bonds. The van der Waals surface area contributed by atoms with Crippen LogP contribution in [-0.4, -0.2) is 5.78 Å².